The van der Waals surface area contributed by atoms with E-state index in [0.29, 0.717) is 0 Å². The van der Waals surface area contributed by atoms with Gasteiger partial charge in [0, 0.05) is 23.3 Å². The van der Waals surface area contributed by atoms with Gasteiger partial charge in [0.25, 0.3) is 5.91 Å². The molecule has 0 saturated carbocycles. The first-order valence-corrected chi connectivity index (χ1v) is 7.56. The molecule has 0 spiro atoms. The summed E-state index contributed by atoms with van der Waals surface area (Å²) < 4.78 is 0. The predicted octanol–water partition coefficient (Wildman–Crippen LogP) is 3.72. The fourth-order valence-corrected chi connectivity index (χ4v) is 3.12. The van der Waals surface area contributed by atoms with Gasteiger partial charge in [-0.1, -0.05) is 26.2 Å². The topological polar surface area (TPSA) is 20.3 Å². The molecule has 0 bridgehead atoms. The first kappa shape index (κ1) is 12.6. The van der Waals surface area contributed by atoms with Gasteiger partial charge in [0.2, 0.25) is 0 Å². The maximum atomic E-state index is 12.3. The summed E-state index contributed by atoms with van der Waals surface area (Å²) in [5.41, 5.74) is 0.896. The van der Waals surface area contributed by atoms with Crippen molar-refractivity contribution >= 4 is 17.2 Å². The van der Waals surface area contributed by atoms with Gasteiger partial charge >= 0.3 is 0 Å². The van der Waals surface area contributed by atoms with Gasteiger partial charge < -0.3 is 4.90 Å². The second-order valence-corrected chi connectivity index (χ2v) is 5.71. The summed E-state index contributed by atoms with van der Waals surface area (Å²) in [4.78, 5) is 15.7. The number of carbonyl (C=O) groups is 1. The Morgan fingerprint density at radius 3 is 2.47 bits per heavy atom. The first-order chi connectivity index (χ1) is 8.31. The lowest BCUT2D eigenvalue weighted by molar-refractivity contribution is 0.0743. The largest absolute Gasteiger partial charge is 0.339 e. The van der Waals surface area contributed by atoms with E-state index in [9.17, 15) is 4.79 Å². The highest BCUT2D eigenvalue weighted by Gasteiger charge is 2.17. The molecule has 0 aliphatic carbocycles. The Balaban J connectivity index is 2.01. The van der Waals surface area contributed by atoms with Crippen LogP contribution in [0.3, 0.4) is 0 Å². The molecule has 0 aromatic carbocycles. The summed E-state index contributed by atoms with van der Waals surface area (Å²) in [5, 5.41) is 2.01. The molecule has 0 radical (unpaired) electrons. The van der Waals surface area contributed by atoms with Crippen LogP contribution in [0, 0.1) is 0 Å². The third kappa shape index (κ3) is 3.32. The maximum Gasteiger partial charge on any atom is 0.254 e. The Bertz CT molecular complexity index is 364. The molecule has 2 rings (SSSR count). The Hall–Kier alpha value is -0.830. The van der Waals surface area contributed by atoms with Crippen LogP contribution >= 0.6 is 11.3 Å². The fraction of sp³-hybridized carbons (Fsp3) is 0.643. The van der Waals surface area contributed by atoms with E-state index >= 15 is 0 Å². The van der Waals surface area contributed by atoms with Gasteiger partial charge in [-0.2, -0.15) is 0 Å². The number of likely N-dealkylation sites (tertiary alicyclic amines) is 1. The number of rotatable bonds is 2. The molecular formula is C14H21NOS. The Morgan fingerprint density at radius 2 is 1.88 bits per heavy atom. The van der Waals surface area contributed by atoms with Crippen molar-refractivity contribution in [2.75, 3.05) is 13.1 Å². The minimum atomic E-state index is 0.239. The summed E-state index contributed by atoms with van der Waals surface area (Å²) in [6, 6.07) is 2.06. The molecule has 1 aromatic rings. The van der Waals surface area contributed by atoms with Crippen molar-refractivity contribution in [2.24, 2.45) is 0 Å². The molecule has 1 amide bonds. The first-order valence-electron chi connectivity index (χ1n) is 6.68. The summed E-state index contributed by atoms with van der Waals surface area (Å²) in [5.74, 6) is 0.239. The highest BCUT2D eigenvalue weighted by Crippen LogP contribution is 2.19. The smallest absolute Gasteiger partial charge is 0.254 e. The van der Waals surface area contributed by atoms with Crippen molar-refractivity contribution in [3.8, 4) is 0 Å². The molecule has 1 aromatic heterocycles. The van der Waals surface area contributed by atoms with Gasteiger partial charge in [-0.05, 0) is 25.3 Å². The van der Waals surface area contributed by atoms with E-state index in [0.717, 1.165) is 37.9 Å². The molecule has 0 unspecified atom stereocenters. The normalized spacial score (nSPS) is 17.6. The van der Waals surface area contributed by atoms with Crippen LogP contribution in [-0.4, -0.2) is 23.9 Å². The van der Waals surface area contributed by atoms with Crippen LogP contribution < -0.4 is 0 Å². The van der Waals surface area contributed by atoms with E-state index in [1.807, 2.05) is 10.3 Å². The molecule has 0 N–H and O–H groups in total. The minimum absolute atomic E-state index is 0.239. The number of hydrogen-bond acceptors (Lipinski definition) is 2. The Kier molecular flexibility index (Phi) is 4.60. The Labute approximate surface area is 108 Å². The van der Waals surface area contributed by atoms with E-state index in [4.69, 9.17) is 0 Å². The highest BCUT2D eigenvalue weighted by molar-refractivity contribution is 7.10. The van der Waals surface area contributed by atoms with Crippen LogP contribution in [0.4, 0.5) is 0 Å². The second-order valence-electron chi connectivity index (χ2n) is 4.72. The van der Waals surface area contributed by atoms with Crippen molar-refractivity contribution in [3.05, 3.63) is 21.9 Å². The van der Waals surface area contributed by atoms with Crippen molar-refractivity contribution in [2.45, 2.75) is 45.4 Å². The average molecular weight is 251 g/mol. The van der Waals surface area contributed by atoms with Crippen LogP contribution in [0.25, 0.3) is 0 Å². The molecule has 0 atom stereocenters. The molecule has 17 heavy (non-hydrogen) atoms. The van der Waals surface area contributed by atoms with E-state index in [2.05, 4.69) is 13.0 Å². The molecule has 3 heteroatoms. The lowest BCUT2D eigenvalue weighted by Gasteiger charge is -2.24. The molecule has 2 heterocycles. The lowest BCUT2D eigenvalue weighted by Crippen LogP contribution is -2.33. The third-order valence-electron chi connectivity index (χ3n) is 3.39. The predicted molar refractivity (Wildman–Crippen MR) is 72.7 cm³/mol. The highest BCUT2D eigenvalue weighted by atomic mass is 32.1. The lowest BCUT2D eigenvalue weighted by atomic mass is 10.1. The van der Waals surface area contributed by atoms with E-state index in [-0.39, 0.29) is 5.91 Å². The van der Waals surface area contributed by atoms with Crippen molar-refractivity contribution in [3.63, 3.8) is 0 Å². The van der Waals surface area contributed by atoms with Crippen molar-refractivity contribution < 1.29 is 4.79 Å². The zero-order valence-electron chi connectivity index (χ0n) is 10.6. The van der Waals surface area contributed by atoms with Gasteiger partial charge in [0.05, 0.1) is 5.56 Å². The van der Waals surface area contributed by atoms with E-state index in [1.165, 1.54) is 24.1 Å². The number of aryl methyl sites for hydroxylation is 1. The summed E-state index contributed by atoms with van der Waals surface area (Å²) in [7, 11) is 0. The van der Waals surface area contributed by atoms with Gasteiger partial charge in [0.1, 0.15) is 0 Å². The molecule has 1 fully saturated rings. The van der Waals surface area contributed by atoms with Crippen LogP contribution in [-0.2, 0) is 6.42 Å². The van der Waals surface area contributed by atoms with Gasteiger partial charge in [-0.3, -0.25) is 4.79 Å². The second kappa shape index (κ2) is 6.20. The van der Waals surface area contributed by atoms with Gasteiger partial charge in [-0.15, -0.1) is 11.3 Å². The molecule has 1 saturated heterocycles. The number of thiophene rings is 1. The van der Waals surface area contributed by atoms with Crippen molar-refractivity contribution in [1.82, 2.24) is 4.90 Å². The van der Waals surface area contributed by atoms with Gasteiger partial charge in [-0.25, -0.2) is 0 Å². The number of hydrogen-bond donors (Lipinski definition) is 0. The zero-order chi connectivity index (χ0) is 12.1. The number of amides is 1. The molecule has 94 valence electrons. The fourth-order valence-electron chi connectivity index (χ4n) is 2.31. The maximum absolute atomic E-state index is 12.3. The van der Waals surface area contributed by atoms with Crippen molar-refractivity contribution in [1.29, 1.82) is 0 Å². The summed E-state index contributed by atoms with van der Waals surface area (Å²) >= 11 is 1.70. The Morgan fingerprint density at radius 1 is 1.24 bits per heavy atom. The third-order valence-corrected chi connectivity index (χ3v) is 4.47. The summed E-state index contributed by atoms with van der Waals surface area (Å²) in [6.07, 6.45) is 7.23. The van der Waals surface area contributed by atoms with Crippen LogP contribution in [0.2, 0.25) is 0 Å². The van der Waals surface area contributed by atoms with Crippen LogP contribution in [0.5, 0.6) is 0 Å². The SMILES string of the molecule is CCc1cc(C(=O)N2CCCCCCC2)cs1. The van der Waals surface area contributed by atoms with E-state index in [1.54, 1.807) is 11.3 Å². The van der Waals surface area contributed by atoms with E-state index < -0.39 is 0 Å². The quantitative estimate of drug-likeness (QED) is 0.784. The van der Waals surface area contributed by atoms with Crippen LogP contribution in [0.1, 0.15) is 54.3 Å². The standard InChI is InChI=1S/C14H21NOS/c1-2-13-10-12(11-17-13)14(16)15-8-6-4-3-5-7-9-15/h10-11H,2-9H2,1H3. The van der Waals surface area contributed by atoms with Crippen LogP contribution in [0.15, 0.2) is 11.4 Å². The number of carbonyl (C=O) groups excluding carboxylic acids is 1. The minimum Gasteiger partial charge on any atom is -0.339 e. The molecular weight excluding hydrogens is 230 g/mol. The monoisotopic (exact) mass is 251 g/mol. The molecule has 2 nitrogen and oxygen atoms in total. The molecule has 1 aliphatic rings. The average Bonchev–Trinajstić information content (AvgIpc) is 2.76. The number of nitrogens with zero attached hydrogens (tertiary/aromatic N) is 1. The van der Waals surface area contributed by atoms with Gasteiger partial charge in [0.15, 0.2) is 0 Å². The summed E-state index contributed by atoms with van der Waals surface area (Å²) in [6.45, 7) is 4.02. The zero-order valence-corrected chi connectivity index (χ0v) is 11.4. The molecule has 1 aliphatic heterocycles.